The summed E-state index contributed by atoms with van der Waals surface area (Å²) in [5.41, 5.74) is 2.93. The Morgan fingerprint density at radius 2 is 2.13 bits per heavy atom. The van der Waals surface area contributed by atoms with Crippen LogP contribution in [0.5, 0.6) is 0 Å². The van der Waals surface area contributed by atoms with Crippen LogP contribution in [-0.4, -0.2) is 23.8 Å². The van der Waals surface area contributed by atoms with Crippen LogP contribution in [-0.2, 0) is 22.5 Å². The molecular formula is C19H26N2O2. The fourth-order valence-corrected chi connectivity index (χ4v) is 3.89. The summed E-state index contributed by atoms with van der Waals surface area (Å²) in [5, 5.41) is 0. The molecule has 23 heavy (non-hydrogen) atoms. The smallest absolute Gasteiger partial charge is 0.218 e. The monoisotopic (exact) mass is 314 g/mol. The van der Waals surface area contributed by atoms with E-state index in [1.165, 1.54) is 32.1 Å². The molecule has 3 rings (SSSR count). The average Bonchev–Trinajstić information content (AvgIpc) is 2.97. The zero-order chi connectivity index (χ0) is 16.2. The zero-order valence-electron chi connectivity index (χ0n) is 14.2. The molecule has 1 aliphatic carbocycles. The van der Waals surface area contributed by atoms with Gasteiger partial charge in [-0.15, -0.1) is 0 Å². The normalized spacial score (nSPS) is 19.1. The van der Waals surface area contributed by atoms with Crippen molar-refractivity contribution in [2.24, 2.45) is 16.8 Å². The van der Waals surface area contributed by atoms with Crippen molar-refractivity contribution in [1.29, 1.82) is 0 Å². The molecule has 2 heterocycles. The summed E-state index contributed by atoms with van der Waals surface area (Å²) >= 11 is 0. The van der Waals surface area contributed by atoms with Crippen molar-refractivity contribution in [2.75, 3.05) is 7.11 Å². The number of aromatic nitrogens is 1. The molecule has 4 nitrogen and oxygen atoms in total. The van der Waals surface area contributed by atoms with Gasteiger partial charge in [0.15, 0.2) is 0 Å². The number of hydrogen-bond donors (Lipinski definition) is 0. The van der Waals surface area contributed by atoms with Gasteiger partial charge in [-0.1, -0.05) is 39.0 Å². The molecule has 1 aliphatic heterocycles. The number of fused-ring (bicyclic) bond motifs is 1. The van der Waals surface area contributed by atoms with Crippen LogP contribution in [0.1, 0.15) is 62.3 Å². The largest absolute Gasteiger partial charge is 0.481 e. The van der Waals surface area contributed by atoms with Crippen LogP contribution in [0, 0.1) is 11.8 Å². The molecule has 0 amide bonds. The lowest BCUT2D eigenvalue weighted by Crippen LogP contribution is -2.19. The minimum Gasteiger partial charge on any atom is -0.481 e. The highest BCUT2D eigenvalue weighted by Crippen LogP contribution is 2.31. The summed E-state index contributed by atoms with van der Waals surface area (Å²) in [6.45, 7) is 2.86. The lowest BCUT2D eigenvalue weighted by molar-refractivity contribution is -0.119. The van der Waals surface area contributed by atoms with Crippen molar-refractivity contribution in [3.8, 4) is 0 Å². The maximum atomic E-state index is 12.4. The van der Waals surface area contributed by atoms with Crippen LogP contribution in [0.2, 0.25) is 0 Å². The van der Waals surface area contributed by atoms with E-state index in [4.69, 9.17) is 4.74 Å². The standard InChI is InChI=1S/C19H26N2O2/c1-13(14-6-4-3-5-7-14)8-17(22)10-16-9-15-11-21-19(23-2)18(15)12-20-16/h9,12-14H,3-8,10-11H2,1-2H3/t13-/m0/s1. The number of carbonyl (C=O) groups excluding carboxylic acids is 1. The first-order valence-corrected chi connectivity index (χ1v) is 8.75. The number of nitrogens with zero attached hydrogens (tertiary/aromatic N) is 2. The lowest BCUT2D eigenvalue weighted by Gasteiger charge is -2.27. The molecule has 1 fully saturated rings. The molecule has 0 spiro atoms. The number of Topliss-reactive ketones (excluding diaryl/α,β-unsaturated/α-hetero) is 1. The molecule has 1 atom stereocenters. The first-order chi connectivity index (χ1) is 11.2. The van der Waals surface area contributed by atoms with Crippen molar-refractivity contribution >= 4 is 11.7 Å². The Bertz CT molecular complexity index is 603. The minimum absolute atomic E-state index is 0.307. The maximum Gasteiger partial charge on any atom is 0.218 e. The predicted molar refractivity (Wildman–Crippen MR) is 90.6 cm³/mol. The number of rotatable bonds is 5. The van der Waals surface area contributed by atoms with Crippen molar-refractivity contribution < 1.29 is 9.53 Å². The quantitative estimate of drug-likeness (QED) is 0.832. The van der Waals surface area contributed by atoms with Gasteiger partial charge in [0.05, 0.1) is 19.2 Å². The summed E-state index contributed by atoms with van der Waals surface area (Å²) in [6, 6.07) is 2.01. The Morgan fingerprint density at radius 3 is 2.87 bits per heavy atom. The van der Waals surface area contributed by atoms with Gasteiger partial charge >= 0.3 is 0 Å². The summed E-state index contributed by atoms with van der Waals surface area (Å²) in [5.74, 6) is 2.19. The molecule has 0 N–H and O–H groups in total. The van der Waals surface area contributed by atoms with Crippen LogP contribution < -0.4 is 0 Å². The molecule has 0 unspecified atom stereocenters. The van der Waals surface area contributed by atoms with Gasteiger partial charge < -0.3 is 4.74 Å². The average molecular weight is 314 g/mol. The summed E-state index contributed by atoms with van der Waals surface area (Å²) in [4.78, 5) is 21.1. The third kappa shape index (κ3) is 3.80. The SMILES string of the molecule is COC1=NCc2cc(CC(=O)C[C@H](C)C3CCCCC3)ncc21. The second-order valence-corrected chi connectivity index (χ2v) is 6.95. The van der Waals surface area contributed by atoms with Gasteiger partial charge in [-0.25, -0.2) is 4.99 Å². The van der Waals surface area contributed by atoms with Crippen LogP contribution in [0.4, 0.5) is 0 Å². The number of ether oxygens (including phenoxy) is 1. The van der Waals surface area contributed by atoms with E-state index in [-0.39, 0.29) is 0 Å². The van der Waals surface area contributed by atoms with Gasteiger partial charge in [0.25, 0.3) is 0 Å². The van der Waals surface area contributed by atoms with Gasteiger partial charge in [0.1, 0.15) is 5.78 Å². The predicted octanol–water partition coefficient (Wildman–Crippen LogP) is 3.71. The highest BCUT2D eigenvalue weighted by molar-refractivity contribution is 5.97. The van der Waals surface area contributed by atoms with E-state index < -0.39 is 0 Å². The van der Waals surface area contributed by atoms with Crippen molar-refractivity contribution in [3.05, 3.63) is 29.1 Å². The van der Waals surface area contributed by atoms with E-state index in [2.05, 4.69) is 16.9 Å². The third-order valence-electron chi connectivity index (χ3n) is 5.25. The first kappa shape index (κ1) is 16.2. The van der Waals surface area contributed by atoms with Gasteiger partial charge in [-0.3, -0.25) is 9.78 Å². The highest BCUT2D eigenvalue weighted by Gasteiger charge is 2.23. The Morgan fingerprint density at radius 1 is 1.35 bits per heavy atom. The van der Waals surface area contributed by atoms with Crippen molar-refractivity contribution in [1.82, 2.24) is 4.98 Å². The number of ketones is 1. The van der Waals surface area contributed by atoms with E-state index in [1.54, 1.807) is 13.3 Å². The summed E-state index contributed by atoms with van der Waals surface area (Å²) in [7, 11) is 1.62. The van der Waals surface area contributed by atoms with E-state index in [0.717, 1.165) is 22.7 Å². The Labute approximate surface area is 138 Å². The first-order valence-electron chi connectivity index (χ1n) is 8.75. The Balaban J connectivity index is 1.56. The Hall–Kier alpha value is -1.71. The molecule has 1 saturated carbocycles. The number of aliphatic imine (C=N–C) groups is 1. The number of hydrogen-bond acceptors (Lipinski definition) is 4. The lowest BCUT2D eigenvalue weighted by atomic mass is 9.78. The molecule has 0 radical (unpaired) electrons. The molecule has 1 aromatic rings. The fraction of sp³-hybridized carbons (Fsp3) is 0.632. The van der Waals surface area contributed by atoms with E-state index >= 15 is 0 Å². The minimum atomic E-state index is 0.307. The molecule has 0 aromatic carbocycles. The topological polar surface area (TPSA) is 51.5 Å². The van der Waals surface area contributed by atoms with Crippen molar-refractivity contribution in [2.45, 2.75) is 58.4 Å². The van der Waals surface area contributed by atoms with Gasteiger partial charge in [0.2, 0.25) is 5.90 Å². The van der Waals surface area contributed by atoms with E-state index in [9.17, 15) is 4.79 Å². The molecular weight excluding hydrogens is 288 g/mol. The van der Waals surface area contributed by atoms with Gasteiger partial charge in [0, 0.05) is 24.7 Å². The van der Waals surface area contributed by atoms with E-state index in [0.29, 0.717) is 37.0 Å². The second kappa shape index (κ2) is 7.24. The number of carbonyl (C=O) groups is 1. The summed E-state index contributed by atoms with van der Waals surface area (Å²) in [6.07, 6.45) is 9.52. The molecule has 124 valence electrons. The second-order valence-electron chi connectivity index (χ2n) is 6.95. The van der Waals surface area contributed by atoms with Crippen LogP contribution in [0.3, 0.4) is 0 Å². The number of methoxy groups -OCH3 is 1. The van der Waals surface area contributed by atoms with Crippen LogP contribution >= 0.6 is 0 Å². The van der Waals surface area contributed by atoms with Gasteiger partial charge in [-0.05, 0) is 23.5 Å². The third-order valence-corrected chi connectivity index (χ3v) is 5.25. The Kier molecular flexibility index (Phi) is 5.09. The van der Waals surface area contributed by atoms with Crippen LogP contribution in [0.15, 0.2) is 17.3 Å². The summed E-state index contributed by atoms with van der Waals surface area (Å²) < 4.78 is 5.22. The van der Waals surface area contributed by atoms with Gasteiger partial charge in [-0.2, -0.15) is 0 Å². The molecule has 0 bridgehead atoms. The number of pyridine rings is 1. The maximum absolute atomic E-state index is 12.4. The molecule has 4 heteroatoms. The van der Waals surface area contributed by atoms with Crippen LogP contribution in [0.25, 0.3) is 0 Å². The molecule has 1 aromatic heterocycles. The fourth-order valence-electron chi connectivity index (χ4n) is 3.89. The zero-order valence-corrected chi connectivity index (χ0v) is 14.2. The molecule has 2 aliphatic rings. The molecule has 0 saturated heterocycles. The highest BCUT2D eigenvalue weighted by atomic mass is 16.5. The van der Waals surface area contributed by atoms with E-state index in [1.807, 2.05) is 6.07 Å². The van der Waals surface area contributed by atoms with Crippen molar-refractivity contribution in [3.63, 3.8) is 0 Å².